The quantitative estimate of drug-likeness (QED) is 0.418. The van der Waals surface area contributed by atoms with E-state index in [9.17, 15) is 9.90 Å². The zero-order chi connectivity index (χ0) is 12.0. The van der Waals surface area contributed by atoms with Crippen molar-refractivity contribution < 1.29 is 19.7 Å². The van der Waals surface area contributed by atoms with Crippen molar-refractivity contribution in [3.05, 3.63) is 0 Å². The lowest BCUT2D eigenvalue weighted by molar-refractivity contribution is -0.146. The molecule has 0 saturated carbocycles. The van der Waals surface area contributed by atoms with E-state index in [1.807, 2.05) is 0 Å². The second-order valence-corrected chi connectivity index (χ2v) is 3.92. The van der Waals surface area contributed by atoms with E-state index in [1.54, 1.807) is 0 Å². The summed E-state index contributed by atoms with van der Waals surface area (Å²) in [6.45, 7) is 2.14. The summed E-state index contributed by atoms with van der Waals surface area (Å²) in [7, 11) is 0. The molecule has 0 aromatic rings. The van der Waals surface area contributed by atoms with Crippen molar-refractivity contribution in [2.75, 3.05) is 0 Å². The van der Waals surface area contributed by atoms with Crippen molar-refractivity contribution in [2.24, 2.45) is 0 Å². The van der Waals surface area contributed by atoms with Gasteiger partial charge < -0.3 is 14.9 Å². The van der Waals surface area contributed by atoms with E-state index in [0.29, 0.717) is 0 Å². The Kier molecular flexibility index (Phi) is 5.30. The van der Waals surface area contributed by atoms with Crippen LogP contribution in [0.4, 0.5) is 0 Å². The highest BCUT2D eigenvalue weighted by molar-refractivity contribution is 5.78. The zero-order valence-electron chi connectivity index (χ0n) is 9.48. The normalized spacial score (nSPS) is 28.4. The largest absolute Gasteiger partial charge is 0.444 e. The minimum absolute atomic E-state index is 0.733. The Balaban J connectivity index is 2.27. The molecule has 0 amide bonds. The molecule has 4 heteroatoms. The summed E-state index contributed by atoms with van der Waals surface area (Å²) < 4.78 is 4.70. The summed E-state index contributed by atoms with van der Waals surface area (Å²) in [6.07, 6.45) is 1.74. The molecule has 0 aromatic heterocycles. The summed E-state index contributed by atoms with van der Waals surface area (Å²) in [4.78, 5) is 10.9. The molecule has 90 valence electrons. The SMILES string of the molecule is CCCCCCC#C[C@H]1OC(=O)[C@@H](O)[C@@H]1O. The summed E-state index contributed by atoms with van der Waals surface area (Å²) in [5, 5.41) is 18.5. The lowest BCUT2D eigenvalue weighted by atomic mass is 10.1. The van der Waals surface area contributed by atoms with Crippen LogP contribution in [0.1, 0.15) is 39.0 Å². The van der Waals surface area contributed by atoms with Gasteiger partial charge in [-0.15, -0.1) is 0 Å². The second-order valence-electron chi connectivity index (χ2n) is 3.92. The van der Waals surface area contributed by atoms with E-state index in [0.717, 1.165) is 19.3 Å². The first kappa shape index (κ1) is 13.0. The zero-order valence-corrected chi connectivity index (χ0v) is 9.48. The number of esters is 1. The fraction of sp³-hybridized carbons (Fsp3) is 0.750. The summed E-state index contributed by atoms with van der Waals surface area (Å²) in [5.41, 5.74) is 0. The summed E-state index contributed by atoms with van der Waals surface area (Å²) in [6, 6.07) is 0. The van der Waals surface area contributed by atoms with Crippen LogP contribution in [0.25, 0.3) is 0 Å². The van der Waals surface area contributed by atoms with E-state index < -0.39 is 24.3 Å². The van der Waals surface area contributed by atoms with E-state index in [2.05, 4.69) is 18.8 Å². The molecule has 1 saturated heterocycles. The van der Waals surface area contributed by atoms with Gasteiger partial charge in [-0.05, 0) is 6.42 Å². The van der Waals surface area contributed by atoms with Gasteiger partial charge in [-0.2, -0.15) is 0 Å². The van der Waals surface area contributed by atoms with Crippen LogP contribution in [-0.4, -0.2) is 34.5 Å². The fourth-order valence-corrected chi connectivity index (χ4v) is 1.50. The first-order valence-corrected chi connectivity index (χ1v) is 5.72. The Hall–Kier alpha value is -1.05. The number of carbonyl (C=O) groups excluding carboxylic acids is 1. The lowest BCUT2D eigenvalue weighted by Crippen LogP contribution is -2.30. The molecule has 2 N–H and O–H groups in total. The Bertz CT molecular complexity index is 289. The monoisotopic (exact) mass is 226 g/mol. The van der Waals surface area contributed by atoms with Crippen LogP contribution in [0.15, 0.2) is 0 Å². The van der Waals surface area contributed by atoms with Gasteiger partial charge in [0.2, 0.25) is 0 Å². The highest BCUT2D eigenvalue weighted by Gasteiger charge is 2.41. The molecular weight excluding hydrogens is 208 g/mol. The third kappa shape index (κ3) is 3.51. The number of unbranched alkanes of at least 4 members (excludes halogenated alkanes) is 4. The van der Waals surface area contributed by atoms with Crippen molar-refractivity contribution in [3.63, 3.8) is 0 Å². The molecule has 0 unspecified atom stereocenters. The van der Waals surface area contributed by atoms with Crippen LogP contribution < -0.4 is 0 Å². The second kappa shape index (κ2) is 6.51. The Morgan fingerprint density at radius 2 is 2.06 bits per heavy atom. The van der Waals surface area contributed by atoms with Gasteiger partial charge in [0.1, 0.15) is 6.10 Å². The van der Waals surface area contributed by atoms with Crippen LogP contribution in [-0.2, 0) is 9.53 Å². The molecule has 0 aromatic carbocycles. The molecule has 1 fully saturated rings. The number of hydrogen-bond acceptors (Lipinski definition) is 4. The van der Waals surface area contributed by atoms with Crippen molar-refractivity contribution in [1.82, 2.24) is 0 Å². The first-order valence-electron chi connectivity index (χ1n) is 5.72. The molecule has 16 heavy (non-hydrogen) atoms. The number of cyclic esters (lactones) is 1. The summed E-state index contributed by atoms with van der Waals surface area (Å²) >= 11 is 0. The Labute approximate surface area is 95.6 Å². The summed E-state index contributed by atoms with van der Waals surface area (Å²) in [5.74, 6) is 4.73. The molecule has 3 atom stereocenters. The van der Waals surface area contributed by atoms with Gasteiger partial charge in [0, 0.05) is 6.42 Å². The van der Waals surface area contributed by atoms with Crippen molar-refractivity contribution in [3.8, 4) is 11.8 Å². The van der Waals surface area contributed by atoms with E-state index in [4.69, 9.17) is 9.84 Å². The van der Waals surface area contributed by atoms with E-state index in [1.165, 1.54) is 12.8 Å². The third-order valence-corrected chi connectivity index (χ3v) is 2.52. The van der Waals surface area contributed by atoms with Gasteiger partial charge in [0.15, 0.2) is 12.2 Å². The highest BCUT2D eigenvalue weighted by Crippen LogP contribution is 2.14. The smallest absolute Gasteiger partial charge is 0.339 e. The molecule has 1 heterocycles. The molecule has 4 nitrogen and oxygen atoms in total. The maximum Gasteiger partial charge on any atom is 0.339 e. The fourth-order valence-electron chi connectivity index (χ4n) is 1.50. The number of rotatable bonds is 4. The standard InChI is InChI=1S/C12H18O4/c1-2-3-4-5-6-7-8-9-10(13)11(14)12(15)16-9/h9-11,13-14H,2-6H2,1H3/t9-,10-,11+/m1/s1. The number of hydrogen-bond donors (Lipinski definition) is 2. The van der Waals surface area contributed by atoms with Gasteiger partial charge in [-0.25, -0.2) is 4.79 Å². The van der Waals surface area contributed by atoms with Gasteiger partial charge in [-0.3, -0.25) is 0 Å². The lowest BCUT2D eigenvalue weighted by Gasteiger charge is -2.05. The van der Waals surface area contributed by atoms with Crippen molar-refractivity contribution in [2.45, 2.75) is 57.3 Å². The molecule has 1 rings (SSSR count). The topological polar surface area (TPSA) is 66.8 Å². The van der Waals surface area contributed by atoms with Crippen molar-refractivity contribution in [1.29, 1.82) is 0 Å². The molecule has 1 aliphatic heterocycles. The minimum Gasteiger partial charge on any atom is -0.444 e. The molecular formula is C12H18O4. The average Bonchev–Trinajstić information content (AvgIpc) is 2.51. The maximum atomic E-state index is 10.9. The molecule has 0 radical (unpaired) electrons. The predicted molar refractivity (Wildman–Crippen MR) is 58.4 cm³/mol. The average molecular weight is 226 g/mol. The minimum atomic E-state index is -1.45. The van der Waals surface area contributed by atoms with Crippen LogP contribution in [0.5, 0.6) is 0 Å². The molecule has 0 bridgehead atoms. The van der Waals surface area contributed by atoms with Crippen LogP contribution in [0.3, 0.4) is 0 Å². The van der Waals surface area contributed by atoms with Gasteiger partial charge in [-0.1, -0.05) is 38.0 Å². The van der Waals surface area contributed by atoms with Gasteiger partial charge in [0.25, 0.3) is 0 Å². The van der Waals surface area contributed by atoms with Gasteiger partial charge in [0.05, 0.1) is 0 Å². The molecule has 0 aliphatic carbocycles. The number of carbonyl (C=O) groups is 1. The number of ether oxygens (including phenoxy) is 1. The van der Waals surface area contributed by atoms with Crippen molar-refractivity contribution >= 4 is 5.97 Å². The third-order valence-electron chi connectivity index (χ3n) is 2.52. The Morgan fingerprint density at radius 1 is 1.31 bits per heavy atom. The van der Waals surface area contributed by atoms with E-state index in [-0.39, 0.29) is 0 Å². The van der Waals surface area contributed by atoms with Gasteiger partial charge >= 0.3 is 5.97 Å². The maximum absolute atomic E-state index is 10.9. The molecule has 1 aliphatic rings. The highest BCUT2D eigenvalue weighted by atomic mass is 16.6. The van der Waals surface area contributed by atoms with Crippen LogP contribution in [0.2, 0.25) is 0 Å². The van der Waals surface area contributed by atoms with E-state index >= 15 is 0 Å². The number of aliphatic hydroxyl groups is 2. The number of aliphatic hydroxyl groups excluding tert-OH is 2. The Morgan fingerprint density at radius 3 is 2.62 bits per heavy atom. The predicted octanol–water partition coefficient (Wildman–Crippen LogP) is 0.607. The first-order chi connectivity index (χ1) is 7.66. The van der Waals surface area contributed by atoms with Crippen LogP contribution >= 0.6 is 0 Å². The van der Waals surface area contributed by atoms with Crippen LogP contribution in [0, 0.1) is 11.8 Å². The molecule has 0 spiro atoms.